The molecule has 1 heterocycles. The van der Waals surface area contributed by atoms with Crippen LogP contribution in [0, 0.1) is 6.92 Å². The van der Waals surface area contributed by atoms with Gasteiger partial charge in [-0.3, -0.25) is 0 Å². The molecule has 0 spiro atoms. The highest BCUT2D eigenvalue weighted by molar-refractivity contribution is 7.80. The minimum atomic E-state index is -1.96. The molecule has 0 aliphatic carbocycles. The lowest BCUT2D eigenvalue weighted by Gasteiger charge is -2.11. The Balaban J connectivity index is 1.55. The summed E-state index contributed by atoms with van der Waals surface area (Å²) in [5.41, 5.74) is 4.75. The minimum Gasteiger partial charge on any atom is -0.504 e. The smallest absolute Gasteiger partial charge is 0.210 e. The van der Waals surface area contributed by atoms with Crippen LogP contribution in [0.2, 0.25) is 5.02 Å². The molecule has 5 nitrogen and oxygen atoms in total. The molecule has 1 aromatic heterocycles. The number of nitrogens with zero attached hydrogens (tertiary/aromatic N) is 1. The molecule has 0 aliphatic heterocycles. The van der Waals surface area contributed by atoms with Crippen LogP contribution < -0.4 is 5.48 Å². The van der Waals surface area contributed by atoms with E-state index < -0.39 is 11.1 Å². The summed E-state index contributed by atoms with van der Waals surface area (Å²) in [4.78, 5) is 4.37. The van der Waals surface area contributed by atoms with Crippen molar-refractivity contribution >= 4 is 44.4 Å². The third-order valence-electron chi connectivity index (χ3n) is 4.46. The number of nitrogens with one attached hydrogen (secondary N) is 1. The molecule has 2 N–H and O–H groups in total. The van der Waals surface area contributed by atoms with E-state index in [0.29, 0.717) is 22.5 Å². The lowest BCUT2D eigenvalue weighted by Crippen LogP contribution is -2.16. The normalized spacial score (nSPS) is 12.5. The van der Waals surface area contributed by atoms with E-state index in [0.717, 1.165) is 22.0 Å². The molecular formula is C21H17ClN2O3S. The molecule has 0 fully saturated rings. The highest BCUT2D eigenvalue weighted by Gasteiger charge is 2.18. The van der Waals surface area contributed by atoms with E-state index >= 15 is 0 Å². The third-order valence-corrected chi connectivity index (χ3v) is 5.72. The van der Waals surface area contributed by atoms with E-state index in [1.807, 2.05) is 42.5 Å². The second-order valence-corrected chi connectivity index (χ2v) is 7.81. The number of halogens is 1. The number of hydrogen-bond donors (Lipinski definition) is 2. The van der Waals surface area contributed by atoms with Crippen molar-refractivity contribution in [2.45, 2.75) is 18.4 Å². The van der Waals surface area contributed by atoms with E-state index in [4.69, 9.17) is 15.9 Å². The predicted octanol–water partition coefficient (Wildman–Crippen LogP) is 4.80. The van der Waals surface area contributed by atoms with Crippen LogP contribution >= 0.6 is 11.6 Å². The summed E-state index contributed by atoms with van der Waals surface area (Å²) in [6, 6.07) is 19.0. The molecule has 0 saturated carbocycles. The fourth-order valence-electron chi connectivity index (χ4n) is 3.09. The number of aromatic nitrogens is 1. The van der Waals surface area contributed by atoms with Gasteiger partial charge in [0.1, 0.15) is 10.4 Å². The molecule has 142 valence electrons. The van der Waals surface area contributed by atoms with Crippen LogP contribution in [0.1, 0.15) is 11.3 Å². The molecular weight excluding hydrogens is 396 g/mol. The second-order valence-electron chi connectivity index (χ2n) is 6.33. The first-order valence-corrected chi connectivity index (χ1v) is 10.1. The Morgan fingerprint density at radius 3 is 2.75 bits per heavy atom. The summed E-state index contributed by atoms with van der Waals surface area (Å²) in [5, 5.41) is 13.6. The summed E-state index contributed by atoms with van der Waals surface area (Å²) in [5.74, 6) is -0.201. The van der Waals surface area contributed by atoms with Crippen molar-refractivity contribution in [3.63, 3.8) is 0 Å². The van der Waals surface area contributed by atoms with Gasteiger partial charge in [-0.1, -0.05) is 54.1 Å². The third kappa shape index (κ3) is 3.59. The van der Waals surface area contributed by atoms with Gasteiger partial charge in [0.2, 0.25) is 11.1 Å². The van der Waals surface area contributed by atoms with Crippen molar-refractivity contribution in [1.29, 1.82) is 0 Å². The van der Waals surface area contributed by atoms with Gasteiger partial charge >= 0.3 is 0 Å². The monoisotopic (exact) mass is 412 g/mol. The van der Waals surface area contributed by atoms with Gasteiger partial charge in [0.15, 0.2) is 5.75 Å². The van der Waals surface area contributed by atoms with Crippen LogP contribution in [0.3, 0.4) is 0 Å². The van der Waals surface area contributed by atoms with Crippen molar-refractivity contribution in [3.8, 4) is 5.75 Å². The molecule has 28 heavy (non-hydrogen) atoms. The molecule has 0 radical (unpaired) electrons. The number of benzene rings is 3. The SMILES string of the molecule is Cc1ccc2c(Cl)cc(S(=O)ONCc3cccc4ccccc34)c(O)c2n1. The summed E-state index contributed by atoms with van der Waals surface area (Å²) in [6.07, 6.45) is 0. The molecule has 0 saturated heterocycles. The van der Waals surface area contributed by atoms with Crippen LogP contribution in [-0.4, -0.2) is 14.3 Å². The molecule has 4 rings (SSSR count). The van der Waals surface area contributed by atoms with E-state index in [1.54, 1.807) is 19.1 Å². The molecule has 4 aromatic rings. The van der Waals surface area contributed by atoms with Crippen molar-refractivity contribution in [2.24, 2.45) is 0 Å². The number of phenolic OH excluding ortho intramolecular Hbond substituents is 1. The lowest BCUT2D eigenvalue weighted by atomic mass is 10.1. The van der Waals surface area contributed by atoms with Gasteiger partial charge in [-0.2, -0.15) is 9.76 Å². The Bertz CT molecular complexity index is 1210. The average molecular weight is 413 g/mol. The number of rotatable bonds is 5. The average Bonchev–Trinajstić information content (AvgIpc) is 2.70. The first-order chi connectivity index (χ1) is 13.5. The summed E-state index contributed by atoms with van der Waals surface area (Å²) >= 11 is 4.30. The molecule has 0 amide bonds. The van der Waals surface area contributed by atoms with Crippen molar-refractivity contribution in [3.05, 3.63) is 76.9 Å². The Kier molecular flexibility index (Phi) is 5.28. The largest absolute Gasteiger partial charge is 0.504 e. The predicted molar refractivity (Wildman–Crippen MR) is 111 cm³/mol. The van der Waals surface area contributed by atoms with E-state index in [9.17, 15) is 9.32 Å². The quantitative estimate of drug-likeness (QED) is 0.461. The number of hydrogen-bond acceptors (Lipinski definition) is 5. The first kappa shape index (κ1) is 18.8. The molecule has 1 unspecified atom stereocenters. The number of aryl methyl sites for hydroxylation is 1. The highest BCUT2D eigenvalue weighted by atomic mass is 35.5. The molecule has 0 aliphatic rings. The zero-order valence-electron chi connectivity index (χ0n) is 15.0. The maximum Gasteiger partial charge on any atom is 0.210 e. The topological polar surface area (TPSA) is 71.5 Å². The van der Waals surface area contributed by atoms with Crippen LogP contribution in [0.25, 0.3) is 21.7 Å². The highest BCUT2D eigenvalue weighted by Crippen LogP contribution is 2.35. The Morgan fingerprint density at radius 2 is 1.89 bits per heavy atom. The molecule has 3 aromatic carbocycles. The number of pyridine rings is 1. The number of phenols is 1. The Hall–Kier alpha value is -2.51. The van der Waals surface area contributed by atoms with Crippen LogP contribution in [0.4, 0.5) is 0 Å². The number of aromatic hydroxyl groups is 1. The van der Waals surface area contributed by atoms with Gasteiger partial charge in [0.25, 0.3) is 0 Å². The zero-order valence-corrected chi connectivity index (χ0v) is 16.6. The van der Waals surface area contributed by atoms with Gasteiger partial charge in [-0.15, -0.1) is 0 Å². The second kappa shape index (κ2) is 7.85. The van der Waals surface area contributed by atoms with E-state index in [2.05, 4.69) is 10.5 Å². The number of fused-ring (bicyclic) bond motifs is 2. The fraction of sp³-hybridized carbons (Fsp3) is 0.0952. The first-order valence-electron chi connectivity index (χ1n) is 8.62. The van der Waals surface area contributed by atoms with E-state index in [1.165, 1.54) is 6.07 Å². The summed E-state index contributed by atoms with van der Waals surface area (Å²) < 4.78 is 17.9. The number of hydroxylamine groups is 1. The van der Waals surface area contributed by atoms with Crippen LogP contribution in [0.5, 0.6) is 5.75 Å². The maximum absolute atomic E-state index is 12.6. The zero-order chi connectivity index (χ0) is 19.7. The standard InChI is InChI=1S/C21H17ClN2O3S/c1-13-9-10-17-18(22)11-19(21(25)20(17)24-13)28(26)27-23-12-15-7-4-6-14-5-2-3-8-16(14)15/h2-11,23,25H,12H2,1H3. The van der Waals surface area contributed by atoms with Gasteiger partial charge in [-0.05, 0) is 41.5 Å². The fourth-order valence-corrected chi connectivity index (χ4v) is 4.14. The molecule has 0 bridgehead atoms. The Morgan fingerprint density at radius 1 is 1.11 bits per heavy atom. The maximum atomic E-state index is 12.6. The minimum absolute atomic E-state index is 0.0704. The molecule has 7 heteroatoms. The van der Waals surface area contributed by atoms with Crippen molar-refractivity contribution < 1.29 is 13.6 Å². The summed E-state index contributed by atoms with van der Waals surface area (Å²) in [7, 11) is 0. The summed E-state index contributed by atoms with van der Waals surface area (Å²) in [6.45, 7) is 2.16. The van der Waals surface area contributed by atoms with E-state index in [-0.39, 0.29) is 10.6 Å². The Labute approximate surface area is 169 Å². The van der Waals surface area contributed by atoms with Gasteiger partial charge in [0, 0.05) is 17.6 Å². The van der Waals surface area contributed by atoms with Gasteiger partial charge < -0.3 is 5.11 Å². The van der Waals surface area contributed by atoms with Gasteiger partial charge in [0.05, 0.1) is 5.02 Å². The van der Waals surface area contributed by atoms with Crippen molar-refractivity contribution in [1.82, 2.24) is 10.5 Å². The molecule has 1 atom stereocenters. The van der Waals surface area contributed by atoms with Crippen LogP contribution in [0.15, 0.2) is 65.6 Å². The van der Waals surface area contributed by atoms with Crippen molar-refractivity contribution in [2.75, 3.05) is 0 Å². The van der Waals surface area contributed by atoms with Gasteiger partial charge in [-0.25, -0.2) is 9.19 Å². The van der Waals surface area contributed by atoms with Crippen LogP contribution in [-0.2, 0) is 21.9 Å². The lowest BCUT2D eigenvalue weighted by molar-refractivity contribution is 0.216.